The predicted octanol–water partition coefficient (Wildman–Crippen LogP) is 3.20. The summed E-state index contributed by atoms with van der Waals surface area (Å²) in [5.41, 5.74) is 0.988. The highest BCUT2D eigenvalue weighted by atomic mass is 15.2. The van der Waals surface area contributed by atoms with Gasteiger partial charge in [0.1, 0.15) is 0 Å². The first-order valence-electron chi connectivity index (χ1n) is 4.52. The molecule has 0 saturated heterocycles. The summed E-state index contributed by atoms with van der Waals surface area (Å²) in [5.74, 6) is 0. The average Bonchev–Trinajstić information content (AvgIpc) is 2.11. The minimum absolute atomic E-state index is 0.988. The molecule has 0 aliphatic heterocycles. The second-order valence-corrected chi connectivity index (χ2v) is 2.63. The van der Waals surface area contributed by atoms with Gasteiger partial charge in [0.15, 0.2) is 0 Å². The standard InChI is InChI=1S/C10H18N2/c1-4-7-8-9-10(5-2)12-11-6-3/h5-6H,2,4,7-9H2,1,3H3/b11-6-,12-10+. The number of allylic oxidation sites excluding steroid dienone is 1. The third-order valence-corrected chi connectivity index (χ3v) is 1.57. The maximum atomic E-state index is 4.00. The van der Waals surface area contributed by atoms with E-state index in [0.717, 1.165) is 12.1 Å². The van der Waals surface area contributed by atoms with Crippen LogP contribution in [-0.4, -0.2) is 11.9 Å². The van der Waals surface area contributed by atoms with Gasteiger partial charge in [-0.25, -0.2) is 0 Å². The van der Waals surface area contributed by atoms with Crippen molar-refractivity contribution in [3.05, 3.63) is 12.7 Å². The zero-order chi connectivity index (χ0) is 9.23. The molecule has 0 spiro atoms. The third kappa shape index (κ3) is 5.83. The summed E-state index contributed by atoms with van der Waals surface area (Å²) in [7, 11) is 0. The quantitative estimate of drug-likeness (QED) is 0.329. The fourth-order valence-corrected chi connectivity index (χ4v) is 0.881. The van der Waals surface area contributed by atoms with Crippen molar-refractivity contribution >= 4 is 11.9 Å². The van der Waals surface area contributed by atoms with Crippen LogP contribution in [0, 0.1) is 0 Å². The van der Waals surface area contributed by atoms with E-state index in [2.05, 4.69) is 23.7 Å². The molecule has 0 saturated carbocycles. The molecule has 0 aliphatic rings. The van der Waals surface area contributed by atoms with Gasteiger partial charge in [0.2, 0.25) is 0 Å². The van der Waals surface area contributed by atoms with E-state index in [4.69, 9.17) is 0 Å². The molecule has 0 atom stereocenters. The Morgan fingerprint density at radius 2 is 2.17 bits per heavy atom. The second-order valence-electron chi connectivity index (χ2n) is 2.63. The van der Waals surface area contributed by atoms with Crippen molar-refractivity contribution in [2.45, 2.75) is 39.5 Å². The fourth-order valence-electron chi connectivity index (χ4n) is 0.881. The summed E-state index contributed by atoms with van der Waals surface area (Å²) in [4.78, 5) is 0. The largest absolute Gasteiger partial charge is 0.164 e. The van der Waals surface area contributed by atoms with Crippen LogP contribution in [0.4, 0.5) is 0 Å². The SMILES string of the molecule is C=C/C(CCCCC)=N\N=C/C. The Morgan fingerprint density at radius 3 is 2.67 bits per heavy atom. The van der Waals surface area contributed by atoms with Gasteiger partial charge in [-0.2, -0.15) is 10.2 Å². The third-order valence-electron chi connectivity index (χ3n) is 1.57. The van der Waals surface area contributed by atoms with Gasteiger partial charge in [0.25, 0.3) is 0 Å². The first-order chi connectivity index (χ1) is 5.85. The van der Waals surface area contributed by atoms with Gasteiger partial charge in [0, 0.05) is 6.21 Å². The Hall–Kier alpha value is -0.920. The predicted molar refractivity (Wildman–Crippen MR) is 55.9 cm³/mol. The van der Waals surface area contributed by atoms with Crippen LogP contribution in [0.5, 0.6) is 0 Å². The van der Waals surface area contributed by atoms with Crippen LogP contribution < -0.4 is 0 Å². The van der Waals surface area contributed by atoms with Gasteiger partial charge >= 0.3 is 0 Å². The molecule has 2 heteroatoms. The van der Waals surface area contributed by atoms with Crippen molar-refractivity contribution in [2.24, 2.45) is 10.2 Å². The van der Waals surface area contributed by atoms with Gasteiger partial charge in [-0.15, -0.1) is 0 Å². The Bertz CT molecular complexity index is 169. The van der Waals surface area contributed by atoms with Crippen LogP contribution in [0.3, 0.4) is 0 Å². The van der Waals surface area contributed by atoms with E-state index in [0.29, 0.717) is 0 Å². The van der Waals surface area contributed by atoms with Gasteiger partial charge in [-0.3, -0.25) is 0 Å². The molecular weight excluding hydrogens is 148 g/mol. The number of unbranched alkanes of at least 4 members (excludes halogenated alkanes) is 2. The molecule has 0 unspecified atom stereocenters. The summed E-state index contributed by atoms with van der Waals surface area (Å²) in [6.45, 7) is 7.73. The van der Waals surface area contributed by atoms with Crippen molar-refractivity contribution in [1.82, 2.24) is 0 Å². The number of hydrogen-bond acceptors (Lipinski definition) is 2. The molecule has 0 aromatic heterocycles. The van der Waals surface area contributed by atoms with E-state index >= 15 is 0 Å². The van der Waals surface area contributed by atoms with E-state index < -0.39 is 0 Å². The maximum absolute atomic E-state index is 4.00. The zero-order valence-corrected chi connectivity index (χ0v) is 8.08. The lowest BCUT2D eigenvalue weighted by Crippen LogP contribution is -1.91. The highest BCUT2D eigenvalue weighted by molar-refractivity contribution is 5.94. The minimum atomic E-state index is 0.988. The molecule has 0 radical (unpaired) electrons. The maximum Gasteiger partial charge on any atom is 0.0624 e. The monoisotopic (exact) mass is 166 g/mol. The second kappa shape index (κ2) is 8.18. The van der Waals surface area contributed by atoms with E-state index in [1.54, 1.807) is 12.3 Å². The molecule has 0 amide bonds. The lowest BCUT2D eigenvalue weighted by Gasteiger charge is -1.96. The van der Waals surface area contributed by atoms with Crippen LogP contribution in [-0.2, 0) is 0 Å². The van der Waals surface area contributed by atoms with Crippen molar-refractivity contribution in [1.29, 1.82) is 0 Å². The van der Waals surface area contributed by atoms with Crippen molar-refractivity contribution in [2.75, 3.05) is 0 Å². The molecule has 0 rings (SSSR count). The van der Waals surface area contributed by atoms with E-state index in [9.17, 15) is 0 Å². The molecule has 0 fully saturated rings. The minimum Gasteiger partial charge on any atom is -0.164 e. The number of nitrogens with zero attached hydrogens (tertiary/aromatic N) is 2. The molecule has 0 heterocycles. The Morgan fingerprint density at radius 1 is 1.42 bits per heavy atom. The van der Waals surface area contributed by atoms with Crippen LogP contribution >= 0.6 is 0 Å². The lowest BCUT2D eigenvalue weighted by molar-refractivity contribution is 0.742. The Kier molecular flexibility index (Phi) is 7.55. The molecule has 0 N–H and O–H groups in total. The van der Waals surface area contributed by atoms with E-state index in [1.807, 2.05) is 6.92 Å². The number of hydrogen-bond donors (Lipinski definition) is 0. The smallest absolute Gasteiger partial charge is 0.0624 e. The van der Waals surface area contributed by atoms with E-state index in [1.165, 1.54) is 19.3 Å². The van der Waals surface area contributed by atoms with Crippen LogP contribution in [0.15, 0.2) is 22.9 Å². The summed E-state index contributed by atoms with van der Waals surface area (Å²) >= 11 is 0. The van der Waals surface area contributed by atoms with Gasteiger partial charge in [0.05, 0.1) is 5.71 Å². The van der Waals surface area contributed by atoms with Crippen molar-refractivity contribution in [3.8, 4) is 0 Å². The van der Waals surface area contributed by atoms with Crippen molar-refractivity contribution < 1.29 is 0 Å². The molecule has 0 aliphatic carbocycles. The summed E-state index contributed by atoms with van der Waals surface area (Å²) in [5, 5.41) is 7.81. The molecule has 0 aromatic carbocycles. The normalized spacial score (nSPS) is 12.3. The number of rotatable bonds is 6. The van der Waals surface area contributed by atoms with Crippen LogP contribution in [0.1, 0.15) is 39.5 Å². The van der Waals surface area contributed by atoms with Gasteiger partial charge in [-0.05, 0) is 25.8 Å². The van der Waals surface area contributed by atoms with Gasteiger partial charge in [-0.1, -0.05) is 26.3 Å². The highest BCUT2D eigenvalue weighted by Gasteiger charge is 1.92. The van der Waals surface area contributed by atoms with Crippen LogP contribution in [0.2, 0.25) is 0 Å². The molecule has 2 nitrogen and oxygen atoms in total. The molecular formula is C10H18N2. The molecule has 0 aromatic rings. The zero-order valence-electron chi connectivity index (χ0n) is 8.08. The Labute approximate surface area is 75.1 Å². The first-order valence-corrected chi connectivity index (χ1v) is 4.52. The van der Waals surface area contributed by atoms with Crippen LogP contribution in [0.25, 0.3) is 0 Å². The fraction of sp³-hybridized carbons (Fsp3) is 0.600. The topological polar surface area (TPSA) is 24.7 Å². The lowest BCUT2D eigenvalue weighted by atomic mass is 10.1. The van der Waals surface area contributed by atoms with Gasteiger partial charge < -0.3 is 0 Å². The first kappa shape index (κ1) is 11.1. The van der Waals surface area contributed by atoms with E-state index in [-0.39, 0.29) is 0 Å². The Balaban J connectivity index is 3.74. The molecule has 68 valence electrons. The summed E-state index contributed by atoms with van der Waals surface area (Å²) in [6.07, 6.45) is 8.13. The van der Waals surface area contributed by atoms with Crippen molar-refractivity contribution in [3.63, 3.8) is 0 Å². The average molecular weight is 166 g/mol. The summed E-state index contributed by atoms with van der Waals surface area (Å²) in [6, 6.07) is 0. The summed E-state index contributed by atoms with van der Waals surface area (Å²) < 4.78 is 0. The molecule has 12 heavy (non-hydrogen) atoms. The molecule has 0 bridgehead atoms. The highest BCUT2D eigenvalue weighted by Crippen LogP contribution is 2.01.